The van der Waals surface area contributed by atoms with Gasteiger partial charge in [-0.1, -0.05) is 23.2 Å². The van der Waals surface area contributed by atoms with E-state index in [0.29, 0.717) is 13.1 Å². The van der Waals surface area contributed by atoms with Crippen LogP contribution in [0.2, 0.25) is 10.0 Å². The van der Waals surface area contributed by atoms with Crippen LogP contribution < -0.4 is 5.32 Å². The molecule has 0 atom stereocenters. The van der Waals surface area contributed by atoms with Gasteiger partial charge in [-0.25, -0.2) is 4.39 Å². The van der Waals surface area contributed by atoms with Gasteiger partial charge >= 0.3 is 0 Å². The standard InChI is InChI=1S/C11H13Cl2FN2O.ClH/c1-15-3-4-16(2)11(17)7-5-10(14)9(13)6-8(7)12;/h5-6,15H,3-4H2,1-2H3;1H. The van der Waals surface area contributed by atoms with E-state index in [1.807, 2.05) is 0 Å². The zero-order chi connectivity index (χ0) is 13.0. The van der Waals surface area contributed by atoms with Gasteiger partial charge in [0.05, 0.1) is 15.6 Å². The number of hydrogen-bond donors (Lipinski definition) is 1. The fourth-order valence-electron chi connectivity index (χ4n) is 1.27. The van der Waals surface area contributed by atoms with E-state index in [1.54, 1.807) is 14.1 Å². The lowest BCUT2D eigenvalue weighted by atomic mass is 10.2. The molecule has 1 aromatic rings. The van der Waals surface area contributed by atoms with Gasteiger partial charge in [0.15, 0.2) is 0 Å². The maximum atomic E-state index is 13.3. The van der Waals surface area contributed by atoms with E-state index in [0.717, 1.165) is 6.07 Å². The number of halogens is 4. The van der Waals surface area contributed by atoms with Crippen LogP contribution in [0.3, 0.4) is 0 Å². The highest BCUT2D eigenvalue weighted by Crippen LogP contribution is 2.25. The Balaban J connectivity index is 0.00000289. The Morgan fingerprint density at radius 2 is 2.00 bits per heavy atom. The van der Waals surface area contributed by atoms with Crippen LogP contribution in [-0.4, -0.2) is 38.0 Å². The molecule has 0 aliphatic rings. The van der Waals surface area contributed by atoms with Crippen LogP contribution >= 0.6 is 35.6 Å². The van der Waals surface area contributed by atoms with E-state index in [2.05, 4.69) is 5.32 Å². The summed E-state index contributed by atoms with van der Waals surface area (Å²) < 4.78 is 13.3. The Kier molecular flexibility index (Phi) is 7.55. The second kappa shape index (κ2) is 7.79. The van der Waals surface area contributed by atoms with E-state index in [-0.39, 0.29) is 33.9 Å². The van der Waals surface area contributed by atoms with E-state index in [1.165, 1.54) is 11.0 Å². The van der Waals surface area contributed by atoms with Crippen molar-refractivity contribution in [2.45, 2.75) is 0 Å². The molecule has 0 bridgehead atoms. The van der Waals surface area contributed by atoms with Crippen molar-refractivity contribution in [3.63, 3.8) is 0 Å². The first-order valence-electron chi connectivity index (χ1n) is 5.02. The summed E-state index contributed by atoms with van der Waals surface area (Å²) in [5, 5.41) is 2.98. The SMILES string of the molecule is CNCCN(C)C(=O)c1cc(F)c(Cl)cc1Cl.Cl. The lowest BCUT2D eigenvalue weighted by Crippen LogP contribution is -2.33. The number of hydrogen-bond acceptors (Lipinski definition) is 2. The van der Waals surface area contributed by atoms with Gasteiger partial charge in [0.25, 0.3) is 5.91 Å². The van der Waals surface area contributed by atoms with Gasteiger partial charge in [0.2, 0.25) is 0 Å². The van der Waals surface area contributed by atoms with Crippen LogP contribution in [0.25, 0.3) is 0 Å². The lowest BCUT2D eigenvalue weighted by molar-refractivity contribution is 0.0796. The number of likely N-dealkylation sites (N-methyl/N-ethyl adjacent to an activating group) is 2. The zero-order valence-corrected chi connectivity index (χ0v) is 12.3. The highest BCUT2D eigenvalue weighted by Gasteiger charge is 2.17. The number of nitrogens with one attached hydrogen (secondary N) is 1. The Bertz CT molecular complexity index is 429. The number of nitrogens with zero attached hydrogens (tertiary/aromatic N) is 1. The Morgan fingerprint density at radius 1 is 1.39 bits per heavy atom. The zero-order valence-electron chi connectivity index (χ0n) is 9.97. The summed E-state index contributed by atoms with van der Waals surface area (Å²) in [7, 11) is 3.41. The highest BCUT2D eigenvalue weighted by molar-refractivity contribution is 6.36. The van der Waals surface area contributed by atoms with Crippen molar-refractivity contribution in [2.75, 3.05) is 27.2 Å². The van der Waals surface area contributed by atoms with Gasteiger partial charge in [-0.3, -0.25) is 4.79 Å². The number of rotatable bonds is 4. The summed E-state index contributed by atoms with van der Waals surface area (Å²) in [4.78, 5) is 13.4. The van der Waals surface area contributed by atoms with Gasteiger partial charge in [-0.05, 0) is 19.2 Å². The number of benzene rings is 1. The Morgan fingerprint density at radius 3 is 2.56 bits per heavy atom. The third kappa shape index (κ3) is 4.28. The second-order valence-electron chi connectivity index (χ2n) is 3.58. The largest absolute Gasteiger partial charge is 0.340 e. The van der Waals surface area contributed by atoms with E-state index >= 15 is 0 Å². The maximum Gasteiger partial charge on any atom is 0.255 e. The lowest BCUT2D eigenvalue weighted by Gasteiger charge is -2.17. The summed E-state index contributed by atoms with van der Waals surface area (Å²) in [5.74, 6) is -0.984. The molecule has 102 valence electrons. The molecule has 1 rings (SSSR count). The molecule has 0 saturated heterocycles. The Hall–Kier alpha value is -0.550. The predicted octanol–water partition coefficient (Wildman–Crippen LogP) is 2.85. The minimum absolute atomic E-state index is 0. The van der Waals surface area contributed by atoms with Crippen LogP contribution in [0.4, 0.5) is 4.39 Å². The van der Waals surface area contributed by atoms with Crippen LogP contribution in [0.1, 0.15) is 10.4 Å². The fourth-order valence-corrected chi connectivity index (χ4v) is 1.74. The van der Waals surface area contributed by atoms with Crippen molar-refractivity contribution in [1.29, 1.82) is 0 Å². The minimum Gasteiger partial charge on any atom is -0.340 e. The highest BCUT2D eigenvalue weighted by atomic mass is 35.5. The second-order valence-corrected chi connectivity index (χ2v) is 4.39. The third-order valence-corrected chi connectivity index (χ3v) is 2.89. The molecular weight excluding hydrogens is 301 g/mol. The molecule has 0 fully saturated rings. The predicted molar refractivity (Wildman–Crippen MR) is 74.6 cm³/mol. The van der Waals surface area contributed by atoms with Crippen molar-refractivity contribution < 1.29 is 9.18 Å². The van der Waals surface area contributed by atoms with Crippen LogP contribution in [0.5, 0.6) is 0 Å². The number of carbonyl (C=O) groups is 1. The molecule has 0 aliphatic heterocycles. The topological polar surface area (TPSA) is 32.3 Å². The van der Waals surface area contributed by atoms with Crippen LogP contribution in [-0.2, 0) is 0 Å². The molecule has 1 amide bonds. The van der Waals surface area contributed by atoms with Crippen molar-refractivity contribution in [3.8, 4) is 0 Å². The molecule has 0 radical (unpaired) electrons. The van der Waals surface area contributed by atoms with Crippen LogP contribution in [0, 0.1) is 5.82 Å². The van der Waals surface area contributed by atoms with E-state index < -0.39 is 5.82 Å². The average molecular weight is 316 g/mol. The van der Waals surface area contributed by atoms with Crippen molar-refractivity contribution in [2.24, 2.45) is 0 Å². The Labute approximate surface area is 122 Å². The summed E-state index contributed by atoms with van der Waals surface area (Å²) in [5.41, 5.74) is 0.118. The molecule has 0 aliphatic carbocycles. The summed E-state index contributed by atoms with van der Waals surface area (Å²) in [6.07, 6.45) is 0. The number of carbonyl (C=O) groups excluding carboxylic acids is 1. The first kappa shape index (κ1) is 17.4. The van der Waals surface area contributed by atoms with E-state index in [9.17, 15) is 9.18 Å². The molecule has 0 aromatic heterocycles. The maximum absolute atomic E-state index is 13.3. The monoisotopic (exact) mass is 314 g/mol. The van der Waals surface area contributed by atoms with Crippen molar-refractivity contribution in [1.82, 2.24) is 10.2 Å². The quantitative estimate of drug-likeness (QED) is 0.867. The van der Waals surface area contributed by atoms with Crippen LogP contribution in [0.15, 0.2) is 12.1 Å². The minimum atomic E-state index is -0.651. The average Bonchev–Trinajstić information content (AvgIpc) is 2.29. The van der Waals surface area contributed by atoms with Gasteiger partial charge < -0.3 is 10.2 Å². The molecule has 18 heavy (non-hydrogen) atoms. The molecule has 3 nitrogen and oxygen atoms in total. The normalized spacial score (nSPS) is 9.83. The third-order valence-electron chi connectivity index (χ3n) is 2.28. The van der Waals surface area contributed by atoms with Crippen molar-refractivity contribution >= 4 is 41.5 Å². The molecule has 0 spiro atoms. The van der Waals surface area contributed by atoms with Gasteiger partial charge in [0.1, 0.15) is 5.82 Å². The first-order valence-corrected chi connectivity index (χ1v) is 5.77. The summed E-state index contributed by atoms with van der Waals surface area (Å²) in [6, 6.07) is 2.29. The summed E-state index contributed by atoms with van der Waals surface area (Å²) in [6.45, 7) is 1.16. The van der Waals surface area contributed by atoms with E-state index in [4.69, 9.17) is 23.2 Å². The number of amides is 1. The molecule has 0 heterocycles. The molecule has 1 aromatic carbocycles. The smallest absolute Gasteiger partial charge is 0.255 e. The van der Waals surface area contributed by atoms with Gasteiger partial charge in [-0.2, -0.15) is 0 Å². The molecule has 0 saturated carbocycles. The van der Waals surface area contributed by atoms with Crippen molar-refractivity contribution in [3.05, 3.63) is 33.6 Å². The molecule has 1 N–H and O–H groups in total. The van der Waals surface area contributed by atoms with Gasteiger partial charge in [-0.15, -0.1) is 12.4 Å². The fraction of sp³-hybridized carbons (Fsp3) is 0.364. The summed E-state index contributed by atoms with van der Waals surface area (Å²) >= 11 is 11.4. The van der Waals surface area contributed by atoms with Gasteiger partial charge in [0, 0.05) is 20.1 Å². The molecule has 0 unspecified atom stereocenters. The molecule has 7 heteroatoms. The first-order chi connectivity index (χ1) is 7.97. The molecular formula is C11H14Cl3FN2O.